The lowest BCUT2D eigenvalue weighted by atomic mass is 10.1. The number of nitrogens with zero attached hydrogens (tertiary/aromatic N) is 1. The summed E-state index contributed by atoms with van der Waals surface area (Å²) in [6.07, 6.45) is 3.98. The molecule has 1 saturated carbocycles. The summed E-state index contributed by atoms with van der Waals surface area (Å²) in [6.45, 7) is 1.77. The first-order valence-corrected chi connectivity index (χ1v) is 8.65. The Bertz CT molecular complexity index is 624. The molecule has 7 heteroatoms. The fourth-order valence-corrected chi connectivity index (χ4v) is 4.07. The molecule has 4 nitrogen and oxygen atoms in total. The van der Waals surface area contributed by atoms with Crippen LogP contribution >= 0.6 is 0 Å². The molecule has 0 radical (unpaired) electrons. The van der Waals surface area contributed by atoms with E-state index in [1.165, 1.54) is 12.8 Å². The Labute approximate surface area is 123 Å². The standard InChI is InChI=1S/C14H18F2N2O2S/c15-13-4-3-12(9-14(13)16)21(19,20)17-10-5-7-18(8-6-10)11-1-2-11/h3-4,9-11,17H,1-2,5-8H2. The van der Waals surface area contributed by atoms with Gasteiger partial charge in [0.25, 0.3) is 0 Å². The molecule has 3 rings (SSSR count). The molecule has 0 aromatic heterocycles. The number of sulfonamides is 1. The minimum atomic E-state index is -3.80. The van der Waals surface area contributed by atoms with Crippen molar-refractivity contribution in [2.75, 3.05) is 13.1 Å². The molecule has 2 aliphatic rings. The van der Waals surface area contributed by atoms with E-state index in [9.17, 15) is 17.2 Å². The monoisotopic (exact) mass is 316 g/mol. The maximum atomic E-state index is 13.2. The van der Waals surface area contributed by atoms with Crippen molar-refractivity contribution in [3.63, 3.8) is 0 Å². The first-order valence-electron chi connectivity index (χ1n) is 7.17. The number of piperidine rings is 1. The molecule has 21 heavy (non-hydrogen) atoms. The molecule has 1 aliphatic heterocycles. The first kappa shape index (κ1) is 14.9. The zero-order chi connectivity index (χ0) is 15.0. The molecule has 1 saturated heterocycles. The summed E-state index contributed by atoms with van der Waals surface area (Å²) >= 11 is 0. The summed E-state index contributed by atoms with van der Waals surface area (Å²) < 4.78 is 53.0. The van der Waals surface area contributed by atoms with Crippen LogP contribution in [0.25, 0.3) is 0 Å². The highest BCUT2D eigenvalue weighted by Crippen LogP contribution is 2.29. The predicted molar refractivity (Wildman–Crippen MR) is 74.3 cm³/mol. The third kappa shape index (κ3) is 3.41. The van der Waals surface area contributed by atoms with Gasteiger partial charge in [-0.25, -0.2) is 21.9 Å². The smallest absolute Gasteiger partial charge is 0.240 e. The molecule has 1 aromatic carbocycles. The molecule has 1 heterocycles. The Morgan fingerprint density at radius 1 is 1.05 bits per heavy atom. The van der Waals surface area contributed by atoms with E-state index in [1.54, 1.807) is 0 Å². The number of benzene rings is 1. The second-order valence-electron chi connectivity index (χ2n) is 5.74. The number of likely N-dealkylation sites (tertiary alicyclic amines) is 1. The molecule has 0 bridgehead atoms. The van der Waals surface area contributed by atoms with Gasteiger partial charge in [0.1, 0.15) is 0 Å². The Balaban J connectivity index is 1.64. The SMILES string of the molecule is O=S(=O)(NC1CCN(C2CC2)CC1)c1ccc(F)c(F)c1. The largest absolute Gasteiger partial charge is 0.300 e. The summed E-state index contributed by atoms with van der Waals surface area (Å²) in [5.41, 5.74) is 0. The molecule has 0 atom stereocenters. The molecule has 2 fully saturated rings. The van der Waals surface area contributed by atoms with Crippen LogP contribution in [0.1, 0.15) is 25.7 Å². The molecule has 0 spiro atoms. The van der Waals surface area contributed by atoms with Gasteiger partial charge < -0.3 is 4.90 Å². The fourth-order valence-electron chi connectivity index (χ4n) is 2.75. The predicted octanol–water partition coefficient (Wildman–Crippen LogP) is 1.87. The molecule has 1 aliphatic carbocycles. The van der Waals surface area contributed by atoms with Crippen LogP contribution in [-0.2, 0) is 10.0 Å². The highest BCUT2D eigenvalue weighted by molar-refractivity contribution is 7.89. The van der Waals surface area contributed by atoms with Crippen LogP contribution in [0.2, 0.25) is 0 Å². The lowest BCUT2D eigenvalue weighted by molar-refractivity contribution is 0.199. The maximum absolute atomic E-state index is 13.2. The van der Waals surface area contributed by atoms with Crippen molar-refractivity contribution in [2.45, 2.75) is 42.7 Å². The second-order valence-corrected chi connectivity index (χ2v) is 7.45. The van der Waals surface area contributed by atoms with Crippen molar-refractivity contribution in [2.24, 2.45) is 0 Å². The van der Waals surface area contributed by atoms with Crippen LogP contribution in [0.4, 0.5) is 8.78 Å². The van der Waals surface area contributed by atoms with Gasteiger partial charge in [0, 0.05) is 12.1 Å². The van der Waals surface area contributed by atoms with Gasteiger partial charge in [-0.05, 0) is 57.0 Å². The van der Waals surface area contributed by atoms with Crippen molar-refractivity contribution >= 4 is 10.0 Å². The molecule has 1 aromatic rings. The number of rotatable bonds is 4. The normalized spacial score (nSPS) is 21.6. The minimum Gasteiger partial charge on any atom is -0.300 e. The quantitative estimate of drug-likeness (QED) is 0.922. The van der Waals surface area contributed by atoms with Gasteiger partial charge in [-0.15, -0.1) is 0 Å². The third-order valence-corrected chi connectivity index (χ3v) is 5.63. The molecular formula is C14H18F2N2O2S. The Morgan fingerprint density at radius 3 is 2.29 bits per heavy atom. The molecule has 1 N–H and O–H groups in total. The van der Waals surface area contributed by atoms with Crippen molar-refractivity contribution in [3.05, 3.63) is 29.8 Å². The lowest BCUT2D eigenvalue weighted by Gasteiger charge is -2.32. The number of hydrogen-bond donors (Lipinski definition) is 1. The third-order valence-electron chi connectivity index (χ3n) is 4.12. The van der Waals surface area contributed by atoms with Gasteiger partial charge >= 0.3 is 0 Å². The summed E-state index contributed by atoms with van der Waals surface area (Å²) in [5, 5.41) is 0. The highest BCUT2D eigenvalue weighted by atomic mass is 32.2. The van der Waals surface area contributed by atoms with E-state index < -0.39 is 21.7 Å². The molecule has 0 unspecified atom stereocenters. The van der Waals surface area contributed by atoms with Crippen molar-refractivity contribution < 1.29 is 17.2 Å². The topological polar surface area (TPSA) is 49.4 Å². The zero-order valence-corrected chi connectivity index (χ0v) is 12.4. The average molecular weight is 316 g/mol. The number of hydrogen-bond acceptors (Lipinski definition) is 3. The van der Waals surface area contributed by atoms with Gasteiger partial charge in [0.15, 0.2) is 11.6 Å². The Morgan fingerprint density at radius 2 is 1.71 bits per heavy atom. The Hall–Kier alpha value is -1.05. The maximum Gasteiger partial charge on any atom is 0.240 e. The van der Waals surface area contributed by atoms with Gasteiger partial charge in [-0.3, -0.25) is 0 Å². The number of nitrogens with one attached hydrogen (secondary N) is 1. The summed E-state index contributed by atoms with van der Waals surface area (Å²) in [5.74, 6) is -2.20. The van der Waals surface area contributed by atoms with Crippen LogP contribution < -0.4 is 4.72 Å². The van der Waals surface area contributed by atoms with E-state index in [1.807, 2.05) is 0 Å². The van der Waals surface area contributed by atoms with Crippen LogP contribution in [0.5, 0.6) is 0 Å². The van der Waals surface area contributed by atoms with Gasteiger partial charge in [0.2, 0.25) is 10.0 Å². The lowest BCUT2D eigenvalue weighted by Crippen LogP contribution is -2.45. The van der Waals surface area contributed by atoms with Gasteiger partial charge in [-0.2, -0.15) is 0 Å². The van der Waals surface area contributed by atoms with Crippen molar-refractivity contribution in [3.8, 4) is 0 Å². The summed E-state index contributed by atoms with van der Waals surface area (Å²) in [4.78, 5) is 2.16. The molecule has 0 amide bonds. The Kier molecular flexibility index (Phi) is 3.98. The van der Waals surface area contributed by atoms with E-state index in [-0.39, 0.29) is 10.9 Å². The first-order chi connectivity index (χ1) is 9.95. The summed E-state index contributed by atoms with van der Waals surface area (Å²) in [7, 11) is -3.80. The molecular weight excluding hydrogens is 298 g/mol. The minimum absolute atomic E-state index is 0.141. The van der Waals surface area contributed by atoms with E-state index in [4.69, 9.17) is 0 Å². The average Bonchev–Trinajstić information content (AvgIpc) is 3.27. The number of halogens is 2. The fraction of sp³-hybridized carbons (Fsp3) is 0.571. The van der Waals surface area contributed by atoms with Crippen LogP contribution in [0, 0.1) is 11.6 Å². The van der Waals surface area contributed by atoms with E-state index in [0.29, 0.717) is 6.04 Å². The highest BCUT2D eigenvalue weighted by Gasteiger charge is 2.33. The second kappa shape index (κ2) is 5.62. The van der Waals surface area contributed by atoms with E-state index >= 15 is 0 Å². The van der Waals surface area contributed by atoms with Crippen molar-refractivity contribution in [1.82, 2.24) is 9.62 Å². The van der Waals surface area contributed by atoms with Crippen LogP contribution in [0.15, 0.2) is 23.1 Å². The van der Waals surface area contributed by atoms with Crippen LogP contribution in [0.3, 0.4) is 0 Å². The zero-order valence-electron chi connectivity index (χ0n) is 11.6. The van der Waals surface area contributed by atoms with Gasteiger partial charge in [-0.1, -0.05) is 0 Å². The van der Waals surface area contributed by atoms with E-state index in [2.05, 4.69) is 9.62 Å². The van der Waals surface area contributed by atoms with Crippen LogP contribution in [-0.4, -0.2) is 38.5 Å². The summed E-state index contributed by atoms with van der Waals surface area (Å²) in [6, 6.07) is 3.18. The van der Waals surface area contributed by atoms with Crippen molar-refractivity contribution in [1.29, 1.82) is 0 Å². The van der Waals surface area contributed by atoms with E-state index in [0.717, 1.165) is 44.1 Å². The molecule has 116 valence electrons. The van der Waals surface area contributed by atoms with Gasteiger partial charge in [0.05, 0.1) is 4.90 Å².